The van der Waals surface area contributed by atoms with Crippen molar-refractivity contribution >= 4 is 29.3 Å². The summed E-state index contributed by atoms with van der Waals surface area (Å²) in [4.78, 5) is 28.4. The summed E-state index contributed by atoms with van der Waals surface area (Å²) in [6, 6.07) is 3.79. The number of carbonyl (C=O) groups excluding carboxylic acids is 2. The standard InChI is InChI=1S/C18H21ClN4O3/c1-11-9-12(2)21-17(19)16(11)18(25)26-10-15(24)22-14-7-8-20-23(14)13-5-3-4-6-13/h7-9,13H,3-6,10H2,1-2H3,(H,22,24). The van der Waals surface area contributed by atoms with Crippen molar-refractivity contribution in [3.05, 3.63) is 40.3 Å². The number of ether oxygens (including phenoxy) is 1. The van der Waals surface area contributed by atoms with Crippen LogP contribution < -0.4 is 5.32 Å². The third kappa shape index (κ3) is 4.04. The molecule has 1 saturated carbocycles. The van der Waals surface area contributed by atoms with Crippen LogP contribution in [0.1, 0.15) is 53.3 Å². The van der Waals surface area contributed by atoms with Crippen LogP contribution in [0.15, 0.2) is 18.3 Å². The molecule has 26 heavy (non-hydrogen) atoms. The van der Waals surface area contributed by atoms with E-state index in [9.17, 15) is 9.59 Å². The second-order valence-corrected chi connectivity index (χ2v) is 6.83. The summed E-state index contributed by atoms with van der Waals surface area (Å²) in [5, 5.41) is 7.12. The second-order valence-electron chi connectivity index (χ2n) is 6.47. The lowest BCUT2D eigenvalue weighted by Crippen LogP contribution is -2.23. The van der Waals surface area contributed by atoms with Gasteiger partial charge in [-0.2, -0.15) is 5.10 Å². The van der Waals surface area contributed by atoms with Gasteiger partial charge < -0.3 is 10.1 Å². The zero-order valence-electron chi connectivity index (χ0n) is 14.8. The summed E-state index contributed by atoms with van der Waals surface area (Å²) in [7, 11) is 0. The molecule has 1 fully saturated rings. The zero-order chi connectivity index (χ0) is 18.7. The maximum absolute atomic E-state index is 12.2. The molecule has 1 N–H and O–H groups in total. The normalized spacial score (nSPS) is 14.4. The monoisotopic (exact) mass is 376 g/mol. The van der Waals surface area contributed by atoms with Crippen LogP contribution in [0.4, 0.5) is 5.82 Å². The first-order valence-corrected chi connectivity index (χ1v) is 8.97. The minimum Gasteiger partial charge on any atom is -0.452 e. The highest BCUT2D eigenvalue weighted by Crippen LogP contribution is 2.31. The number of nitrogens with one attached hydrogen (secondary N) is 1. The lowest BCUT2D eigenvalue weighted by molar-refractivity contribution is -0.119. The van der Waals surface area contributed by atoms with Gasteiger partial charge in [0.15, 0.2) is 6.61 Å². The highest BCUT2D eigenvalue weighted by atomic mass is 35.5. The Bertz CT molecular complexity index is 805. The molecule has 0 bridgehead atoms. The fourth-order valence-corrected chi connectivity index (χ4v) is 3.63. The van der Waals surface area contributed by atoms with Gasteiger partial charge in [0.25, 0.3) is 5.91 Å². The van der Waals surface area contributed by atoms with E-state index in [1.54, 1.807) is 32.2 Å². The van der Waals surface area contributed by atoms with E-state index < -0.39 is 18.5 Å². The summed E-state index contributed by atoms with van der Waals surface area (Å²) >= 11 is 6.03. The molecule has 2 aromatic rings. The first kappa shape index (κ1) is 18.4. The van der Waals surface area contributed by atoms with Gasteiger partial charge in [0.1, 0.15) is 11.0 Å². The number of esters is 1. The molecular weight excluding hydrogens is 356 g/mol. The molecular formula is C18H21ClN4O3. The SMILES string of the molecule is Cc1cc(C)c(C(=O)OCC(=O)Nc2ccnn2C2CCCC2)c(Cl)n1. The molecule has 0 radical (unpaired) electrons. The molecule has 1 aliphatic carbocycles. The third-order valence-electron chi connectivity index (χ3n) is 4.45. The number of aryl methyl sites for hydroxylation is 2. The molecule has 0 atom stereocenters. The fraction of sp³-hybridized carbons (Fsp3) is 0.444. The molecule has 138 valence electrons. The number of rotatable bonds is 5. The molecule has 0 aromatic carbocycles. The number of hydrogen-bond donors (Lipinski definition) is 1. The minimum absolute atomic E-state index is 0.0761. The zero-order valence-corrected chi connectivity index (χ0v) is 15.5. The Balaban J connectivity index is 1.60. The van der Waals surface area contributed by atoms with Crippen molar-refractivity contribution in [1.82, 2.24) is 14.8 Å². The molecule has 3 rings (SSSR count). The number of pyridine rings is 1. The van der Waals surface area contributed by atoms with Gasteiger partial charge in [-0.05, 0) is 38.3 Å². The van der Waals surface area contributed by atoms with Crippen LogP contribution in [0.25, 0.3) is 0 Å². The van der Waals surface area contributed by atoms with Crippen LogP contribution in [0.3, 0.4) is 0 Å². The van der Waals surface area contributed by atoms with E-state index in [2.05, 4.69) is 15.4 Å². The highest BCUT2D eigenvalue weighted by Gasteiger charge is 2.21. The number of aromatic nitrogens is 3. The Morgan fingerprint density at radius 1 is 1.35 bits per heavy atom. The van der Waals surface area contributed by atoms with Gasteiger partial charge in [0.2, 0.25) is 0 Å². The predicted molar refractivity (Wildman–Crippen MR) is 97.4 cm³/mol. The van der Waals surface area contributed by atoms with Crippen LogP contribution in [0, 0.1) is 13.8 Å². The van der Waals surface area contributed by atoms with Gasteiger partial charge in [-0.15, -0.1) is 0 Å². The van der Waals surface area contributed by atoms with Gasteiger partial charge >= 0.3 is 5.97 Å². The van der Waals surface area contributed by atoms with Crippen molar-refractivity contribution in [3.63, 3.8) is 0 Å². The predicted octanol–water partition coefficient (Wildman–Crippen LogP) is 3.46. The quantitative estimate of drug-likeness (QED) is 0.638. The lowest BCUT2D eigenvalue weighted by Gasteiger charge is -2.15. The van der Waals surface area contributed by atoms with Crippen molar-refractivity contribution < 1.29 is 14.3 Å². The smallest absolute Gasteiger partial charge is 0.342 e. The summed E-state index contributed by atoms with van der Waals surface area (Å²) in [6.45, 7) is 3.13. The van der Waals surface area contributed by atoms with Gasteiger partial charge in [-0.25, -0.2) is 14.5 Å². The molecule has 2 aromatic heterocycles. The number of anilines is 1. The number of amides is 1. The Hall–Kier alpha value is -2.41. The second kappa shape index (κ2) is 7.86. The Morgan fingerprint density at radius 2 is 2.08 bits per heavy atom. The molecule has 1 aliphatic rings. The first-order valence-electron chi connectivity index (χ1n) is 8.60. The molecule has 8 heteroatoms. The average molecular weight is 377 g/mol. The van der Waals surface area contributed by atoms with Crippen LogP contribution in [-0.2, 0) is 9.53 Å². The Morgan fingerprint density at radius 3 is 2.77 bits per heavy atom. The molecule has 2 heterocycles. The van der Waals surface area contributed by atoms with Crippen molar-refractivity contribution in [2.24, 2.45) is 0 Å². The van der Waals surface area contributed by atoms with E-state index in [4.69, 9.17) is 16.3 Å². The summed E-state index contributed by atoms with van der Waals surface area (Å²) < 4.78 is 6.93. The number of hydrogen-bond acceptors (Lipinski definition) is 5. The summed E-state index contributed by atoms with van der Waals surface area (Å²) in [5.41, 5.74) is 1.55. The molecule has 0 spiro atoms. The van der Waals surface area contributed by atoms with Crippen LogP contribution in [-0.4, -0.2) is 33.2 Å². The van der Waals surface area contributed by atoms with Crippen LogP contribution in [0.2, 0.25) is 5.15 Å². The molecule has 0 aliphatic heterocycles. The molecule has 0 saturated heterocycles. The largest absolute Gasteiger partial charge is 0.452 e. The van der Waals surface area contributed by atoms with Crippen molar-refractivity contribution in [2.45, 2.75) is 45.6 Å². The summed E-state index contributed by atoms with van der Waals surface area (Å²) in [6.07, 6.45) is 6.09. The Kier molecular flexibility index (Phi) is 5.56. The van der Waals surface area contributed by atoms with Crippen LogP contribution >= 0.6 is 11.6 Å². The van der Waals surface area contributed by atoms with E-state index in [1.807, 2.05) is 4.68 Å². The van der Waals surface area contributed by atoms with E-state index in [1.165, 1.54) is 12.8 Å². The van der Waals surface area contributed by atoms with Gasteiger partial charge in [-0.3, -0.25) is 4.79 Å². The number of carbonyl (C=O) groups is 2. The first-order chi connectivity index (χ1) is 12.5. The van der Waals surface area contributed by atoms with Gasteiger partial charge in [0.05, 0.1) is 17.8 Å². The summed E-state index contributed by atoms with van der Waals surface area (Å²) in [5.74, 6) is -0.476. The number of halogens is 1. The van der Waals surface area contributed by atoms with Crippen molar-refractivity contribution in [3.8, 4) is 0 Å². The molecule has 7 nitrogen and oxygen atoms in total. The van der Waals surface area contributed by atoms with Crippen LogP contribution in [0.5, 0.6) is 0 Å². The minimum atomic E-state index is -0.667. The highest BCUT2D eigenvalue weighted by molar-refractivity contribution is 6.32. The van der Waals surface area contributed by atoms with E-state index in [-0.39, 0.29) is 10.7 Å². The fourth-order valence-electron chi connectivity index (χ4n) is 3.27. The van der Waals surface area contributed by atoms with E-state index >= 15 is 0 Å². The Labute approximate surface area is 156 Å². The number of nitrogens with zero attached hydrogens (tertiary/aromatic N) is 3. The van der Waals surface area contributed by atoms with Gasteiger partial charge in [-0.1, -0.05) is 24.4 Å². The molecule has 1 amide bonds. The van der Waals surface area contributed by atoms with E-state index in [0.29, 0.717) is 23.1 Å². The molecule has 0 unspecified atom stereocenters. The maximum Gasteiger partial charge on any atom is 0.342 e. The topological polar surface area (TPSA) is 86.1 Å². The maximum atomic E-state index is 12.2. The van der Waals surface area contributed by atoms with Crippen molar-refractivity contribution in [2.75, 3.05) is 11.9 Å². The average Bonchev–Trinajstić information content (AvgIpc) is 3.22. The van der Waals surface area contributed by atoms with E-state index in [0.717, 1.165) is 12.8 Å². The third-order valence-corrected chi connectivity index (χ3v) is 4.72. The van der Waals surface area contributed by atoms with Gasteiger partial charge in [0, 0.05) is 11.8 Å². The lowest BCUT2D eigenvalue weighted by atomic mass is 10.1. The van der Waals surface area contributed by atoms with Crippen molar-refractivity contribution in [1.29, 1.82) is 0 Å².